The molecule has 0 aliphatic carbocycles. The van der Waals surface area contributed by atoms with E-state index in [-0.39, 0.29) is 17.6 Å². The van der Waals surface area contributed by atoms with E-state index >= 15 is 0 Å². The lowest BCUT2D eigenvalue weighted by Crippen LogP contribution is -2.15. The highest BCUT2D eigenvalue weighted by Crippen LogP contribution is 2.17. The number of hydrogen-bond donors (Lipinski definition) is 2. The van der Waals surface area contributed by atoms with E-state index in [1.165, 1.54) is 18.2 Å². The van der Waals surface area contributed by atoms with Crippen LogP contribution in [0.1, 0.15) is 29.0 Å². The molecule has 0 saturated heterocycles. The summed E-state index contributed by atoms with van der Waals surface area (Å²) in [5.41, 5.74) is 6.10. The van der Waals surface area contributed by atoms with Crippen molar-refractivity contribution in [2.45, 2.75) is 13.0 Å². The highest BCUT2D eigenvalue weighted by Gasteiger charge is 2.08. The Morgan fingerprint density at radius 2 is 1.89 bits per heavy atom. The van der Waals surface area contributed by atoms with Crippen LogP contribution in [-0.2, 0) is 0 Å². The standard InChI is InChI=1S/C13H13FN4O/c1-8(9-2-4-10(14)5-3-9)16-12-7-6-11(13(15)19)17-18-12/h2-8H,1H3,(H2,15,19)(H,16,18). The van der Waals surface area contributed by atoms with Crippen LogP contribution in [0.4, 0.5) is 10.2 Å². The van der Waals surface area contributed by atoms with Gasteiger partial charge in [0.25, 0.3) is 5.91 Å². The number of amides is 1. The van der Waals surface area contributed by atoms with Crippen LogP contribution in [0.5, 0.6) is 0 Å². The van der Waals surface area contributed by atoms with E-state index in [1.54, 1.807) is 18.2 Å². The molecule has 0 aliphatic rings. The van der Waals surface area contributed by atoms with Crippen LogP contribution >= 0.6 is 0 Å². The number of nitrogens with zero attached hydrogens (tertiary/aromatic N) is 2. The van der Waals surface area contributed by atoms with Crippen molar-refractivity contribution in [3.05, 3.63) is 53.5 Å². The first-order valence-electron chi connectivity index (χ1n) is 5.72. The Bertz CT molecular complexity index is 568. The maximum atomic E-state index is 12.8. The molecule has 0 bridgehead atoms. The van der Waals surface area contributed by atoms with E-state index in [2.05, 4.69) is 15.5 Å². The van der Waals surface area contributed by atoms with E-state index < -0.39 is 5.91 Å². The van der Waals surface area contributed by atoms with Gasteiger partial charge in [-0.1, -0.05) is 12.1 Å². The second kappa shape index (κ2) is 5.43. The fraction of sp³-hybridized carbons (Fsp3) is 0.154. The molecule has 1 heterocycles. The molecule has 0 fully saturated rings. The number of nitrogens with one attached hydrogen (secondary N) is 1. The first-order valence-corrected chi connectivity index (χ1v) is 5.72. The Balaban J connectivity index is 2.08. The van der Waals surface area contributed by atoms with Crippen molar-refractivity contribution in [1.82, 2.24) is 10.2 Å². The van der Waals surface area contributed by atoms with Gasteiger partial charge < -0.3 is 11.1 Å². The minimum Gasteiger partial charge on any atom is -0.364 e. The molecule has 1 amide bonds. The number of carbonyl (C=O) groups is 1. The summed E-state index contributed by atoms with van der Waals surface area (Å²) in [6.07, 6.45) is 0. The highest BCUT2D eigenvalue weighted by atomic mass is 19.1. The molecule has 2 rings (SSSR count). The highest BCUT2D eigenvalue weighted by molar-refractivity contribution is 5.90. The summed E-state index contributed by atoms with van der Waals surface area (Å²) in [5, 5.41) is 10.6. The van der Waals surface area contributed by atoms with Crippen molar-refractivity contribution >= 4 is 11.7 Å². The first-order chi connectivity index (χ1) is 9.06. The molecule has 0 aliphatic heterocycles. The normalized spacial score (nSPS) is 11.9. The Morgan fingerprint density at radius 3 is 2.42 bits per heavy atom. The van der Waals surface area contributed by atoms with Crippen molar-refractivity contribution < 1.29 is 9.18 Å². The van der Waals surface area contributed by atoms with Crippen LogP contribution in [0.2, 0.25) is 0 Å². The Morgan fingerprint density at radius 1 is 1.21 bits per heavy atom. The van der Waals surface area contributed by atoms with Gasteiger partial charge in [0.1, 0.15) is 11.6 Å². The van der Waals surface area contributed by atoms with Crippen molar-refractivity contribution in [2.75, 3.05) is 5.32 Å². The number of primary amides is 1. The number of carbonyl (C=O) groups excluding carboxylic acids is 1. The van der Waals surface area contributed by atoms with Crippen LogP contribution in [-0.4, -0.2) is 16.1 Å². The lowest BCUT2D eigenvalue weighted by Gasteiger charge is -2.14. The molecule has 1 atom stereocenters. The number of anilines is 1. The summed E-state index contributed by atoms with van der Waals surface area (Å²) < 4.78 is 12.8. The Kier molecular flexibility index (Phi) is 3.70. The fourth-order valence-corrected chi connectivity index (χ4v) is 1.60. The van der Waals surface area contributed by atoms with Gasteiger partial charge in [-0.25, -0.2) is 4.39 Å². The monoisotopic (exact) mass is 260 g/mol. The van der Waals surface area contributed by atoms with Gasteiger partial charge in [-0.05, 0) is 36.8 Å². The molecule has 98 valence electrons. The summed E-state index contributed by atoms with van der Waals surface area (Å²) in [6.45, 7) is 1.91. The molecule has 0 radical (unpaired) electrons. The second-order valence-electron chi connectivity index (χ2n) is 4.09. The quantitative estimate of drug-likeness (QED) is 0.879. The third kappa shape index (κ3) is 3.25. The van der Waals surface area contributed by atoms with Gasteiger partial charge >= 0.3 is 0 Å². The minimum atomic E-state index is -0.620. The number of nitrogens with two attached hydrogens (primary N) is 1. The van der Waals surface area contributed by atoms with Gasteiger partial charge in [0.15, 0.2) is 5.69 Å². The van der Waals surface area contributed by atoms with Crippen LogP contribution in [0.3, 0.4) is 0 Å². The zero-order valence-electron chi connectivity index (χ0n) is 10.3. The topological polar surface area (TPSA) is 80.9 Å². The number of rotatable bonds is 4. The third-order valence-electron chi connectivity index (χ3n) is 2.65. The maximum Gasteiger partial charge on any atom is 0.269 e. The van der Waals surface area contributed by atoms with Crippen LogP contribution in [0.15, 0.2) is 36.4 Å². The predicted octanol–water partition coefficient (Wildman–Crippen LogP) is 1.89. The van der Waals surface area contributed by atoms with Crippen molar-refractivity contribution in [3.8, 4) is 0 Å². The molecular formula is C13H13FN4O. The summed E-state index contributed by atoms with van der Waals surface area (Å²) in [7, 11) is 0. The van der Waals surface area contributed by atoms with Gasteiger partial charge in [0.05, 0.1) is 6.04 Å². The Hall–Kier alpha value is -2.50. The summed E-state index contributed by atoms with van der Waals surface area (Å²) in [4.78, 5) is 10.9. The molecule has 1 aromatic carbocycles. The zero-order valence-corrected chi connectivity index (χ0v) is 10.3. The molecule has 19 heavy (non-hydrogen) atoms. The van der Waals surface area contributed by atoms with Gasteiger partial charge in [0, 0.05) is 0 Å². The summed E-state index contributed by atoms with van der Waals surface area (Å²) in [6, 6.07) is 9.23. The van der Waals surface area contributed by atoms with Crippen LogP contribution in [0, 0.1) is 5.82 Å². The average Bonchev–Trinajstić information content (AvgIpc) is 2.40. The van der Waals surface area contributed by atoms with E-state index in [9.17, 15) is 9.18 Å². The fourth-order valence-electron chi connectivity index (χ4n) is 1.60. The van der Waals surface area contributed by atoms with Crippen molar-refractivity contribution in [1.29, 1.82) is 0 Å². The van der Waals surface area contributed by atoms with Crippen molar-refractivity contribution in [3.63, 3.8) is 0 Å². The minimum absolute atomic E-state index is 0.0608. The van der Waals surface area contributed by atoms with Gasteiger partial charge in [-0.2, -0.15) is 0 Å². The molecule has 1 unspecified atom stereocenters. The molecule has 1 aromatic heterocycles. The lowest BCUT2D eigenvalue weighted by atomic mass is 10.1. The van der Waals surface area contributed by atoms with Gasteiger partial charge in [-0.3, -0.25) is 4.79 Å². The number of benzene rings is 1. The van der Waals surface area contributed by atoms with E-state index in [0.29, 0.717) is 5.82 Å². The largest absolute Gasteiger partial charge is 0.364 e. The number of aromatic nitrogens is 2. The molecule has 3 N–H and O–H groups in total. The number of hydrogen-bond acceptors (Lipinski definition) is 4. The molecule has 0 spiro atoms. The summed E-state index contributed by atoms with van der Waals surface area (Å²) in [5.74, 6) is -0.381. The molecule has 0 saturated carbocycles. The Labute approximate surface area is 109 Å². The molecule has 2 aromatic rings. The summed E-state index contributed by atoms with van der Waals surface area (Å²) >= 11 is 0. The van der Waals surface area contributed by atoms with E-state index in [4.69, 9.17) is 5.73 Å². The van der Waals surface area contributed by atoms with Crippen LogP contribution in [0.25, 0.3) is 0 Å². The first kappa shape index (κ1) is 12.9. The van der Waals surface area contributed by atoms with E-state index in [1.807, 2.05) is 6.92 Å². The van der Waals surface area contributed by atoms with Gasteiger partial charge in [0.2, 0.25) is 0 Å². The predicted molar refractivity (Wildman–Crippen MR) is 69.0 cm³/mol. The molecule has 5 nitrogen and oxygen atoms in total. The van der Waals surface area contributed by atoms with E-state index in [0.717, 1.165) is 5.56 Å². The van der Waals surface area contributed by atoms with Gasteiger partial charge in [-0.15, -0.1) is 10.2 Å². The lowest BCUT2D eigenvalue weighted by molar-refractivity contribution is 0.0994. The molecular weight excluding hydrogens is 247 g/mol. The van der Waals surface area contributed by atoms with Crippen LogP contribution < -0.4 is 11.1 Å². The smallest absolute Gasteiger partial charge is 0.269 e. The maximum absolute atomic E-state index is 12.8. The molecule has 6 heteroatoms. The van der Waals surface area contributed by atoms with Crippen molar-refractivity contribution in [2.24, 2.45) is 5.73 Å². The second-order valence-corrected chi connectivity index (χ2v) is 4.09. The zero-order chi connectivity index (χ0) is 13.8. The number of halogens is 1. The SMILES string of the molecule is CC(Nc1ccc(C(N)=O)nn1)c1ccc(F)cc1. The average molecular weight is 260 g/mol. The third-order valence-corrected chi connectivity index (χ3v) is 2.65.